The summed E-state index contributed by atoms with van der Waals surface area (Å²) < 4.78 is 41.1. The van der Waals surface area contributed by atoms with Gasteiger partial charge in [0.25, 0.3) is 15.9 Å². The van der Waals surface area contributed by atoms with Crippen molar-refractivity contribution >= 4 is 27.8 Å². The Balaban J connectivity index is 1.60. The summed E-state index contributed by atoms with van der Waals surface area (Å²) in [6.07, 6.45) is 1.57. The van der Waals surface area contributed by atoms with Crippen LogP contribution in [0.1, 0.15) is 28.1 Å². The lowest BCUT2D eigenvalue weighted by Gasteiger charge is -2.24. The number of amides is 1. The first kappa shape index (κ1) is 29.4. The van der Waals surface area contributed by atoms with E-state index < -0.39 is 22.5 Å². The van der Waals surface area contributed by atoms with Crippen LogP contribution in [0.25, 0.3) is 5.69 Å². The van der Waals surface area contributed by atoms with Gasteiger partial charge >= 0.3 is 0 Å². The van der Waals surface area contributed by atoms with E-state index in [9.17, 15) is 13.2 Å². The Kier molecular flexibility index (Phi) is 8.83. The minimum atomic E-state index is -4.10. The van der Waals surface area contributed by atoms with E-state index in [2.05, 4.69) is 41.1 Å². The molecule has 0 bridgehead atoms. The molecule has 214 valence electrons. The predicted octanol–water partition coefficient (Wildman–Crippen LogP) is 5.07. The smallest absolute Gasteiger partial charge is 0.264 e. The van der Waals surface area contributed by atoms with Crippen molar-refractivity contribution in [3.8, 4) is 17.2 Å². The van der Waals surface area contributed by atoms with E-state index in [0.29, 0.717) is 11.5 Å². The number of para-hydroxylation sites is 1. The number of aromatic nitrogens is 1. The van der Waals surface area contributed by atoms with Crippen LogP contribution in [0.3, 0.4) is 0 Å². The summed E-state index contributed by atoms with van der Waals surface area (Å²) >= 11 is 0. The molecule has 9 nitrogen and oxygen atoms in total. The molecule has 0 aliphatic carbocycles. The fourth-order valence-corrected chi connectivity index (χ4v) is 6.21. The molecule has 1 heterocycles. The number of hydrogen-bond acceptors (Lipinski definition) is 6. The molecule has 0 radical (unpaired) electrons. The highest BCUT2D eigenvalue weighted by molar-refractivity contribution is 7.92. The highest BCUT2D eigenvalue weighted by Gasteiger charge is 2.28. The van der Waals surface area contributed by atoms with Crippen molar-refractivity contribution in [2.45, 2.75) is 32.6 Å². The molecule has 1 N–H and O–H groups in total. The number of hydrazone groups is 1. The lowest BCUT2D eigenvalue weighted by molar-refractivity contribution is -0.119. The third-order valence-corrected chi connectivity index (χ3v) is 8.59. The number of aryl methyl sites for hydroxylation is 3. The molecule has 4 aromatic rings. The average molecular weight is 575 g/mol. The van der Waals surface area contributed by atoms with Gasteiger partial charge in [-0.1, -0.05) is 36.4 Å². The second-order valence-corrected chi connectivity index (χ2v) is 11.4. The van der Waals surface area contributed by atoms with E-state index >= 15 is 0 Å². The van der Waals surface area contributed by atoms with Gasteiger partial charge in [-0.15, -0.1) is 0 Å². The summed E-state index contributed by atoms with van der Waals surface area (Å²) in [6.45, 7) is 7.65. The number of benzene rings is 3. The summed E-state index contributed by atoms with van der Waals surface area (Å²) in [5, 5.41) is 4.15. The standard InChI is InChI=1S/C31H34N4O5S/c1-21-11-10-12-22(2)31(21)35-23(3)17-25(24(35)4)19-32-33-30(36)20-34(41(37,38)27-13-8-7-9-14-27)26-15-16-28(39-5)29(18-26)40-6/h7-19H,20H2,1-6H3,(H,33,36)/b32-19-. The molecule has 0 aliphatic heterocycles. The first-order valence-electron chi connectivity index (χ1n) is 13.0. The summed E-state index contributed by atoms with van der Waals surface area (Å²) in [5.41, 5.74) is 8.97. The molecule has 1 aromatic heterocycles. The van der Waals surface area contributed by atoms with Crippen molar-refractivity contribution in [3.63, 3.8) is 0 Å². The molecule has 0 spiro atoms. The Hall–Kier alpha value is -4.57. The van der Waals surface area contributed by atoms with E-state index in [1.807, 2.05) is 26.0 Å². The van der Waals surface area contributed by atoms with Gasteiger partial charge in [-0.25, -0.2) is 13.8 Å². The molecule has 0 atom stereocenters. The molecule has 0 unspecified atom stereocenters. The van der Waals surface area contributed by atoms with Crippen molar-refractivity contribution < 1.29 is 22.7 Å². The minimum Gasteiger partial charge on any atom is -0.493 e. The highest BCUT2D eigenvalue weighted by Crippen LogP contribution is 2.33. The molecule has 0 aliphatic rings. The first-order valence-corrected chi connectivity index (χ1v) is 14.4. The van der Waals surface area contributed by atoms with Gasteiger partial charge in [-0.2, -0.15) is 5.10 Å². The molecule has 10 heteroatoms. The zero-order chi connectivity index (χ0) is 29.7. The van der Waals surface area contributed by atoms with E-state index in [1.165, 1.54) is 32.4 Å². The van der Waals surface area contributed by atoms with Crippen LogP contribution in [0.5, 0.6) is 11.5 Å². The number of anilines is 1. The Morgan fingerprint density at radius 3 is 2.20 bits per heavy atom. The maximum atomic E-state index is 13.6. The van der Waals surface area contributed by atoms with Gasteiger partial charge < -0.3 is 14.0 Å². The van der Waals surface area contributed by atoms with Crippen LogP contribution in [0.2, 0.25) is 0 Å². The number of nitrogens with zero attached hydrogens (tertiary/aromatic N) is 3. The van der Waals surface area contributed by atoms with Crippen LogP contribution < -0.4 is 19.2 Å². The topological polar surface area (TPSA) is 102 Å². The third kappa shape index (κ3) is 6.12. The monoisotopic (exact) mass is 574 g/mol. The second kappa shape index (κ2) is 12.3. The molecule has 0 saturated heterocycles. The summed E-state index contributed by atoms with van der Waals surface area (Å²) in [4.78, 5) is 13.1. The average Bonchev–Trinajstić information content (AvgIpc) is 3.24. The molecule has 0 fully saturated rings. The SMILES string of the molecule is COc1ccc(N(CC(=O)N/N=C\c2cc(C)n(-c3c(C)cccc3C)c2C)S(=O)(=O)c2ccccc2)cc1OC. The largest absolute Gasteiger partial charge is 0.493 e. The van der Waals surface area contributed by atoms with Gasteiger partial charge in [-0.3, -0.25) is 9.10 Å². The first-order chi connectivity index (χ1) is 19.6. The predicted molar refractivity (Wildman–Crippen MR) is 161 cm³/mol. The number of hydrogen-bond donors (Lipinski definition) is 1. The lowest BCUT2D eigenvalue weighted by atomic mass is 10.1. The second-order valence-electron chi connectivity index (χ2n) is 9.56. The molecular weight excluding hydrogens is 540 g/mol. The zero-order valence-corrected chi connectivity index (χ0v) is 24.8. The molecule has 3 aromatic carbocycles. The summed E-state index contributed by atoms with van der Waals surface area (Å²) in [6, 6.07) is 20.7. The number of ether oxygens (including phenoxy) is 2. The van der Waals surface area contributed by atoms with Gasteiger partial charge in [0, 0.05) is 23.0 Å². The number of carbonyl (C=O) groups is 1. The Morgan fingerprint density at radius 2 is 1.56 bits per heavy atom. The van der Waals surface area contributed by atoms with Gasteiger partial charge in [0.1, 0.15) is 6.54 Å². The Labute approximate surface area is 241 Å². The molecule has 1 amide bonds. The summed E-state index contributed by atoms with van der Waals surface area (Å²) in [5.74, 6) is 0.149. The third-order valence-electron chi connectivity index (χ3n) is 6.80. The van der Waals surface area contributed by atoms with Crippen LogP contribution in [0.4, 0.5) is 5.69 Å². The van der Waals surface area contributed by atoms with E-state index in [1.54, 1.807) is 36.5 Å². The zero-order valence-electron chi connectivity index (χ0n) is 24.0. The number of sulfonamides is 1. The molecule has 0 saturated carbocycles. The quantitative estimate of drug-likeness (QED) is 0.210. The fraction of sp³-hybridized carbons (Fsp3) is 0.226. The van der Waals surface area contributed by atoms with Crippen molar-refractivity contribution in [2.24, 2.45) is 5.10 Å². The Morgan fingerprint density at radius 1 is 0.902 bits per heavy atom. The van der Waals surface area contributed by atoms with Crippen molar-refractivity contribution in [1.82, 2.24) is 9.99 Å². The van der Waals surface area contributed by atoms with Crippen LogP contribution in [0.15, 0.2) is 82.8 Å². The van der Waals surface area contributed by atoms with E-state index in [-0.39, 0.29) is 10.6 Å². The van der Waals surface area contributed by atoms with Crippen molar-refractivity contribution in [3.05, 3.63) is 101 Å². The van der Waals surface area contributed by atoms with Crippen LogP contribution >= 0.6 is 0 Å². The number of methoxy groups -OCH3 is 2. The number of nitrogens with one attached hydrogen (secondary N) is 1. The van der Waals surface area contributed by atoms with Crippen LogP contribution in [0, 0.1) is 27.7 Å². The fourth-order valence-electron chi connectivity index (χ4n) is 4.78. The normalized spacial score (nSPS) is 11.5. The van der Waals surface area contributed by atoms with Gasteiger partial charge in [-0.05, 0) is 69.2 Å². The molecular formula is C31H34N4O5S. The van der Waals surface area contributed by atoms with Crippen LogP contribution in [-0.2, 0) is 14.8 Å². The molecule has 4 rings (SSSR count). The van der Waals surface area contributed by atoms with Crippen molar-refractivity contribution in [2.75, 3.05) is 25.1 Å². The highest BCUT2D eigenvalue weighted by atomic mass is 32.2. The van der Waals surface area contributed by atoms with E-state index in [4.69, 9.17) is 9.47 Å². The van der Waals surface area contributed by atoms with Gasteiger partial charge in [0.15, 0.2) is 11.5 Å². The number of carbonyl (C=O) groups excluding carboxylic acids is 1. The maximum absolute atomic E-state index is 13.6. The lowest BCUT2D eigenvalue weighted by Crippen LogP contribution is -2.39. The van der Waals surface area contributed by atoms with Crippen molar-refractivity contribution in [1.29, 1.82) is 0 Å². The Bertz CT molecular complexity index is 1670. The van der Waals surface area contributed by atoms with Crippen LogP contribution in [-0.4, -0.2) is 45.9 Å². The maximum Gasteiger partial charge on any atom is 0.264 e. The molecule has 41 heavy (non-hydrogen) atoms. The summed E-state index contributed by atoms with van der Waals surface area (Å²) in [7, 11) is -1.16. The number of rotatable bonds is 10. The minimum absolute atomic E-state index is 0.0463. The van der Waals surface area contributed by atoms with E-state index in [0.717, 1.165) is 38.1 Å². The van der Waals surface area contributed by atoms with Gasteiger partial charge in [0.2, 0.25) is 0 Å². The van der Waals surface area contributed by atoms with Gasteiger partial charge in [0.05, 0.1) is 36.7 Å².